The van der Waals surface area contributed by atoms with Gasteiger partial charge in [-0.05, 0) is 55.2 Å². The van der Waals surface area contributed by atoms with Crippen LogP contribution in [0.15, 0.2) is 35.3 Å². The van der Waals surface area contributed by atoms with Gasteiger partial charge in [-0.3, -0.25) is 4.79 Å². The third-order valence-electron chi connectivity index (χ3n) is 6.42. The number of benzene rings is 2. The summed E-state index contributed by atoms with van der Waals surface area (Å²) >= 11 is 0. The average Bonchev–Trinajstić information content (AvgIpc) is 3.33. The molecule has 1 aliphatic carbocycles. The van der Waals surface area contributed by atoms with E-state index >= 15 is 0 Å². The van der Waals surface area contributed by atoms with Crippen LogP contribution in [-0.4, -0.2) is 27.5 Å². The summed E-state index contributed by atoms with van der Waals surface area (Å²) < 4.78 is 72.4. The fourth-order valence-electron chi connectivity index (χ4n) is 4.64. The number of aryl methyl sites for hydroxylation is 2. The molecule has 39 heavy (non-hydrogen) atoms. The van der Waals surface area contributed by atoms with Crippen LogP contribution in [0.5, 0.6) is 5.75 Å². The summed E-state index contributed by atoms with van der Waals surface area (Å²) in [6.45, 7) is 1.84. The number of terminal acetylenes is 1. The second-order valence-corrected chi connectivity index (χ2v) is 8.80. The zero-order chi connectivity index (χ0) is 28.0. The van der Waals surface area contributed by atoms with Crippen LogP contribution in [-0.2, 0) is 6.42 Å². The lowest BCUT2D eigenvalue weighted by Gasteiger charge is -2.30. The number of halogens is 5. The number of aromatic amines is 1. The quantitative estimate of drug-likeness (QED) is 0.0989. The molecule has 2 aromatic heterocycles. The molecule has 0 bridgehead atoms. The molecule has 0 amide bonds. The van der Waals surface area contributed by atoms with Gasteiger partial charge in [-0.15, -0.1) is 6.42 Å². The second kappa shape index (κ2) is 9.83. The highest BCUT2D eigenvalue weighted by molar-refractivity contribution is 5.89. The number of nitrogens with one attached hydrogen (secondary N) is 1. The Morgan fingerprint density at radius 2 is 1.82 bits per heavy atom. The van der Waals surface area contributed by atoms with E-state index in [9.17, 15) is 31.5 Å². The van der Waals surface area contributed by atoms with Gasteiger partial charge in [-0.2, -0.15) is 8.78 Å². The molecule has 198 valence electrons. The first-order chi connectivity index (χ1) is 18.6. The molecule has 1 N–H and O–H groups in total. The van der Waals surface area contributed by atoms with Crippen molar-refractivity contribution in [2.45, 2.75) is 25.8 Å². The van der Waals surface area contributed by atoms with Crippen LogP contribution < -0.4 is 15.2 Å². The Morgan fingerprint density at radius 1 is 1.13 bits per heavy atom. The summed E-state index contributed by atoms with van der Waals surface area (Å²) in [6.07, 6.45) is 8.23. The molecule has 7 nitrogen and oxygen atoms in total. The molecular formula is C27H17F5N4O3. The van der Waals surface area contributed by atoms with Crippen molar-refractivity contribution in [3.63, 3.8) is 0 Å². The third kappa shape index (κ3) is 4.46. The monoisotopic (exact) mass is 540 g/mol. The molecule has 12 heteroatoms. The van der Waals surface area contributed by atoms with E-state index < -0.39 is 46.5 Å². The van der Waals surface area contributed by atoms with Gasteiger partial charge in [-0.1, -0.05) is 5.92 Å². The molecule has 4 aromatic rings. The van der Waals surface area contributed by atoms with Crippen LogP contribution in [0.2, 0.25) is 0 Å². The molecule has 0 radical (unpaired) electrons. The van der Waals surface area contributed by atoms with Crippen molar-refractivity contribution in [3.05, 3.63) is 92.5 Å². The van der Waals surface area contributed by atoms with Crippen molar-refractivity contribution in [2.75, 3.05) is 11.4 Å². The van der Waals surface area contributed by atoms with Gasteiger partial charge in [0.05, 0.1) is 35.4 Å². The maximum absolute atomic E-state index is 13.9. The van der Waals surface area contributed by atoms with Gasteiger partial charge in [0.1, 0.15) is 11.5 Å². The number of fused-ring (bicyclic) bond motifs is 2. The van der Waals surface area contributed by atoms with Gasteiger partial charge in [-0.25, -0.2) is 27.9 Å². The molecule has 1 atom stereocenters. The van der Waals surface area contributed by atoms with Crippen LogP contribution in [0.25, 0.3) is 10.9 Å². The summed E-state index contributed by atoms with van der Waals surface area (Å²) in [6, 6.07) is 6.03. The number of esters is 1. The molecule has 1 aliphatic rings. The molecule has 5 rings (SSSR count). The smallest absolute Gasteiger partial charge is 0.362 e. The number of nitrogens with zero attached hydrogens (tertiary/aromatic N) is 3. The minimum Gasteiger partial charge on any atom is -0.415 e. The molecule has 1 unspecified atom stereocenters. The highest BCUT2D eigenvalue weighted by Gasteiger charge is 2.31. The van der Waals surface area contributed by atoms with Crippen LogP contribution in [0.1, 0.15) is 39.9 Å². The van der Waals surface area contributed by atoms with Gasteiger partial charge in [0, 0.05) is 0 Å². The molecule has 2 aromatic carbocycles. The van der Waals surface area contributed by atoms with Gasteiger partial charge in [0.25, 0.3) is 5.56 Å². The van der Waals surface area contributed by atoms with Gasteiger partial charge in [0.2, 0.25) is 34.8 Å². The summed E-state index contributed by atoms with van der Waals surface area (Å²) in [7, 11) is 0. The predicted octanol–water partition coefficient (Wildman–Crippen LogP) is 4.67. The highest BCUT2D eigenvalue weighted by atomic mass is 19.2. The first-order valence-electron chi connectivity index (χ1n) is 11.5. The lowest BCUT2D eigenvalue weighted by Crippen LogP contribution is -2.28. The Hall–Kier alpha value is -4.79. The number of H-pyrrole nitrogens is 1. The van der Waals surface area contributed by atoms with E-state index in [0.717, 1.165) is 11.1 Å². The fourth-order valence-corrected chi connectivity index (χ4v) is 4.64. The van der Waals surface area contributed by atoms with Crippen LogP contribution in [0, 0.1) is 48.4 Å². The van der Waals surface area contributed by atoms with E-state index in [0.29, 0.717) is 35.3 Å². The zero-order valence-corrected chi connectivity index (χ0v) is 20.1. The first kappa shape index (κ1) is 25.8. The third-order valence-corrected chi connectivity index (χ3v) is 6.42. The van der Waals surface area contributed by atoms with Gasteiger partial charge < -0.3 is 14.6 Å². The van der Waals surface area contributed by atoms with E-state index in [1.807, 2.05) is 11.0 Å². The van der Waals surface area contributed by atoms with Crippen molar-refractivity contribution in [3.8, 4) is 18.1 Å². The Labute approximate surface area is 217 Å². The van der Waals surface area contributed by atoms with Crippen LogP contribution in [0.3, 0.4) is 0 Å². The minimum atomic E-state index is -2.38. The molecule has 0 aliphatic heterocycles. The molecular weight excluding hydrogens is 523 g/mol. The number of rotatable bonds is 5. The SMILES string of the molecule is C#CCN(c1ccc(C(=O)Oc2c(F)c(F)c(F)c(F)c2F)nc1)C1CCc2cc3nc(C)[nH]c(=O)c3cc21. The van der Waals surface area contributed by atoms with Crippen molar-refractivity contribution < 1.29 is 31.5 Å². The number of ether oxygens (including phenoxy) is 1. The van der Waals surface area contributed by atoms with Crippen molar-refractivity contribution in [1.82, 2.24) is 15.0 Å². The van der Waals surface area contributed by atoms with E-state index in [-0.39, 0.29) is 18.1 Å². The summed E-state index contributed by atoms with van der Waals surface area (Å²) in [5.74, 6) is -11.5. The highest BCUT2D eigenvalue weighted by Crippen LogP contribution is 2.39. The average molecular weight is 540 g/mol. The number of carbonyl (C=O) groups excluding carboxylic acids is 1. The van der Waals surface area contributed by atoms with Crippen molar-refractivity contribution >= 4 is 22.6 Å². The standard InChI is InChI=1S/C27H17F5N4O3/c1-3-8-36(19-7-4-13-9-18-16(10-15(13)19)26(37)35-12(2)34-18)14-5-6-17(33-11-14)27(38)39-25-23(31)21(29)20(28)22(30)24(25)32/h1,5-6,9-11,19H,4,7-8H2,2H3,(H,34,35,37). The molecule has 2 heterocycles. The Bertz CT molecular complexity index is 1720. The largest absolute Gasteiger partial charge is 0.415 e. The Morgan fingerprint density at radius 3 is 2.46 bits per heavy atom. The summed E-state index contributed by atoms with van der Waals surface area (Å²) in [4.78, 5) is 37.7. The predicted molar refractivity (Wildman–Crippen MR) is 130 cm³/mol. The van der Waals surface area contributed by atoms with Crippen molar-refractivity contribution in [2.24, 2.45) is 0 Å². The van der Waals surface area contributed by atoms with Crippen molar-refractivity contribution in [1.29, 1.82) is 0 Å². The number of hydrogen-bond acceptors (Lipinski definition) is 6. The molecule has 0 saturated carbocycles. The normalized spacial score (nSPS) is 14.2. The maximum Gasteiger partial charge on any atom is 0.362 e. The van der Waals surface area contributed by atoms with Gasteiger partial charge in [0.15, 0.2) is 0 Å². The number of pyridine rings is 1. The fraction of sp³-hybridized carbons (Fsp3) is 0.185. The minimum absolute atomic E-state index is 0.140. The Kier molecular flexibility index (Phi) is 6.51. The van der Waals surface area contributed by atoms with E-state index in [1.165, 1.54) is 18.3 Å². The summed E-state index contributed by atoms with van der Waals surface area (Å²) in [5.41, 5.74) is 2.22. The number of aromatic nitrogens is 3. The lowest BCUT2D eigenvalue weighted by atomic mass is 10.0. The maximum atomic E-state index is 13.9. The number of anilines is 1. The van der Waals surface area contributed by atoms with E-state index in [1.54, 1.807) is 13.0 Å². The molecule has 0 fully saturated rings. The first-order valence-corrected chi connectivity index (χ1v) is 11.5. The molecule has 0 saturated heterocycles. The number of carbonyl (C=O) groups is 1. The topological polar surface area (TPSA) is 88.2 Å². The number of hydrogen-bond donors (Lipinski definition) is 1. The van der Waals surface area contributed by atoms with Crippen LogP contribution in [0.4, 0.5) is 27.6 Å². The lowest BCUT2D eigenvalue weighted by molar-refractivity contribution is 0.0710. The van der Waals surface area contributed by atoms with E-state index in [4.69, 9.17) is 6.42 Å². The van der Waals surface area contributed by atoms with E-state index in [2.05, 4.69) is 25.6 Å². The summed E-state index contributed by atoms with van der Waals surface area (Å²) in [5, 5.41) is 0.427. The van der Waals surface area contributed by atoms with Gasteiger partial charge >= 0.3 is 5.97 Å². The molecule has 0 spiro atoms. The second-order valence-electron chi connectivity index (χ2n) is 8.80. The van der Waals surface area contributed by atoms with Crippen LogP contribution >= 0.6 is 0 Å². The Balaban J connectivity index is 1.44. The zero-order valence-electron chi connectivity index (χ0n) is 20.1.